The first kappa shape index (κ1) is 14.5. The van der Waals surface area contributed by atoms with E-state index in [1.807, 2.05) is 0 Å². The van der Waals surface area contributed by atoms with Gasteiger partial charge in [-0.1, -0.05) is 32.6 Å². The van der Waals surface area contributed by atoms with Crippen LogP contribution in [0.3, 0.4) is 0 Å². The van der Waals surface area contributed by atoms with Gasteiger partial charge in [-0.15, -0.1) is 0 Å². The van der Waals surface area contributed by atoms with E-state index in [-0.39, 0.29) is 12.0 Å². The van der Waals surface area contributed by atoms with E-state index in [0.29, 0.717) is 12.3 Å². The van der Waals surface area contributed by atoms with E-state index in [0.717, 1.165) is 45.1 Å². The van der Waals surface area contributed by atoms with Crippen LogP contribution in [0, 0.1) is 5.92 Å². The Morgan fingerprint density at radius 2 is 2.12 bits per heavy atom. The molecule has 1 amide bonds. The summed E-state index contributed by atoms with van der Waals surface area (Å²) in [5, 5.41) is 12.5. The molecule has 17 heavy (non-hydrogen) atoms. The molecule has 0 aromatic rings. The highest BCUT2D eigenvalue weighted by atomic mass is 16.3. The number of carbonyl (C=O) groups excluding carboxylic acids is 1. The van der Waals surface area contributed by atoms with Gasteiger partial charge in [0.05, 0.1) is 6.10 Å². The molecular weight excluding hydrogens is 214 g/mol. The molecule has 0 heterocycles. The van der Waals surface area contributed by atoms with Crippen LogP contribution in [0.1, 0.15) is 64.7 Å². The van der Waals surface area contributed by atoms with Crippen molar-refractivity contribution in [1.82, 2.24) is 5.32 Å². The Morgan fingerprint density at radius 3 is 2.82 bits per heavy atom. The zero-order valence-electron chi connectivity index (χ0n) is 11.1. The summed E-state index contributed by atoms with van der Waals surface area (Å²) in [5.41, 5.74) is 0. The summed E-state index contributed by atoms with van der Waals surface area (Å²) in [7, 11) is 0. The number of unbranched alkanes of at least 4 members (excludes halogenated alkanes) is 3. The number of nitrogens with one attached hydrogen (secondary N) is 1. The molecule has 2 atom stereocenters. The van der Waals surface area contributed by atoms with Crippen molar-refractivity contribution >= 4 is 5.91 Å². The molecule has 0 saturated heterocycles. The van der Waals surface area contributed by atoms with Crippen molar-refractivity contribution in [2.45, 2.75) is 70.8 Å². The fourth-order valence-corrected chi connectivity index (χ4v) is 2.51. The summed E-state index contributed by atoms with van der Waals surface area (Å²) < 4.78 is 0. The van der Waals surface area contributed by atoms with Crippen molar-refractivity contribution < 1.29 is 9.90 Å². The van der Waals surface area contributed by atoms with Crippen LogP contribution >= 0.6 is 0 Å². The first-order valence-corrected chi connectivity index (χ1v) is 7.17. The smallest absolute Gasteiger partial charge is 0.220 e. The Bertz CT molecular complexity index is 218. The van der Waals surface area contributed by atoms with Gasteiger partial charge in [0.1, 0.15) is 0 Å². The fourth-order valence-electron chi connectivity index (χ4n) is 2.51. The maximum atomic E-state index is 11.6. The molecule has 0 radical (unpaired) electrons. The maximum absolute atomic E-state index is 11.6. The summed E-state index contributed by atoms with van der Waals surface area (Å²) in [4.78, 5) is 11.6. The first-order valence-electron chi connectivity index (χ1n) is 7.17. The van der Waals surface area contributed by atoms with E-state index in [1.165, 1.54) is 12.8 Å². The number of hydrogen-bond acceptors (Lipinski definition) is 2. The molecule has 0 bridgehead atoms. The number of rotatable bonds is 7. The second kappa shape index (κ2) is 8.51. The molecule has 0 spiro atoms. The van der Waals surface area contributed by atoms with Crippen LogP contribution in [0.15, 0.2) is 0 Å². The van der Waals surface area contributed by atoms with Crippen molar-refractivity contribution in [2.75, 3.05) is 6.54 Å². The average molecular weight is 241 g/mol. The van der Waals surface area contributed by atoms with Crippen LogP contribution in [-0.2, 0) is 4.79 Å². The van der Waals surface area contributed by atoms with Crippen molar-refractivity contribution in [1.29, 1.82) is 0 Å². The highest BCUT2D eigenvalue weighted by Crippen LogP contribution is 2.23. The molecule has 2 unspecified atom stereocenters. The van der Waals surface area contributed by atoms with Gasteiger partial charge < -0.3 is 10.4 Å². The number of carbonyl (C=O) groups is 1. The summed E-state index contributed by atoms with van der Waals surface area (Å²) in [5.74, 6) is 0.666. The van der Waals surface area contributed by atoms with E-state index in [1.54, 1.807) is 0 Å². The minimum atomic E-state index is -0.143. The quantitative estimate of drug-likeness (QED) is 0.673. The van der Waals surface area contributed by atoms with Gasteiger partial charge in [0.15, 0.2) is 0 Å². The third kappa shape index (κ3) is 6.67. The van der Waals surface area contributed by atoms with E-state index in [2.05, 4.69) is 12.2 Å². The Labute approximate surface area is 105 Å². The fraction of sp³-hybridized carbons (Fsp3) is 0.929. The second-order valence-electron chi connectivity index (χ2n) is 5.30. The minimum Gasteiger partial charge on any atom is -0.393 e. The summed E-state index contributed by atoms with van der Waals surface area (Å²) in [6.07, 6.45) is 9.15. The van der Waals surface area contributed by atoms with Crippen LogP contribution in [0.5, 0.6) is 0 Å². The standard InChI is InChI=1S/C14H27NO2/c1-2-3-4-5-9-14(17)15-11-12-7-6-8-13(16)10-12/h12-13,16H,2-11H2,1H3,(H,15,17). The monoisotopic (exact) mass is 241 g/mol. The molecular formula is C14H27NO2. The van der Waals surface area contributed by atoms with Gasteiger partial charge in [-0.3, -0.25) is 4.79 Å². The Balaban J connectivity index is 2.02. The lowest BCUT2D eigenvalue weighted by Crippen LogP contribution is -2.32. The van der Waals surface area contributed by atoms with Crippen LogP contribution in [-0.4, -0.2) is 23.7 Å². The lowest BCUT2D eigenvalue weighted by molar-refractivity contribution is -0.121. The molecule has 100 valence electrons. The lowest BCUT2D eigenvalue weighted by atomic mass is 9.87. The van der Waals surface area contributed by atoms with Crippen LogP contribution < -0.4 is 5.32 Å². The Kier molecular flexibility index (Phi) is 7.25. The summed E-state index contributed by atoms with van der Waals surface area (Å²) in [6.45, 7) is 2.93. The number of amides is 1. The zero-order chi connectivity index (χ0) is 12.5. The van der Waals surface area contributed by atoms with Crippen molar-refractivity contribution in [2.24, 2.45) is 5.92 Å². The number of aliphatic hydroxyl groups excluding tert-OH is 1. The van der Waals surface area contributed by atoms with Gasteiger partial charge in [-0.25, -0.2) is 0 Å². The largest absolute Gasteiger partial charge is 0.393 e. The summed E-state index contributed by atoms with van der Waals surface area (Å²) >= 11 is 0. The van der Waals surface area contributed by atoms with E-state index in [9.17, 15) is 9.90 Å². The maximum Gasteiger partial charge on any atom is 0.220 e. The predicted molar refractivity (Wildman–Crippen MR) is 69.7 cm³/mol. The summed E-state index contributed by atoms with van der Waals surface area (Å²) in [6, 6.07) is 0. The molecule has 1 fully saturated rings. The Hall–Kier alpha value is -0.570. The molecule has 3 nitrogen and oxygen atoms in total. The average Bonchev–Trinajstić information content (AvgIpc) is 2.32. The minimum absolute atomic E-state index is 0.143. The first-order chi connectivity index (χ1) is 8.22. The molecule has 1 saturated carbocycles. The van der Waals surface area contributed by atoms with Gasteiger partial charge in [-0.05, 0) is 31.6 Å². The molecule has 0 aromatic carbocycles. The Morgan fingerprint density at radius 1 is 1.29 bits per heavy atom. The molecule has 1 rings (SSSR count). The second-order valence-corrected chi connectivity index (χ2v) is 5.30. The molecule has 0 aromatic heterocycles. The van der Waals surface area contributed by atoms with E-state index < -0.39 is 0 Å². The van der Waals surface area contributed by atoms with Gasteiger partial charge in [0.2, 0.25) is 5.91 Å². The highest BCUT2D eigenvalue weighted by molar-refractivity contribution is 5.75. The molecule has 3 heteroatoms. The van der Waals surface area contributed by atoms with Gasteiger partial charge in [0, 0.05) is 13.0 Å². The third-order valence-electron chi connectivity index (χ3n) is 3.60. The van der Waals surface area contributed by atoms with Crippen molar-refractivity contribution in [3.05, 3.63) is 0 Å². The number of hydrogen-bond donors (Lipinski definition) is 2. The zero-order valence-corrected chi connectivity index (χ0v) is 11.1. The van der Waals surface area contributed by atoms with Gasteiger partial charge in [0.25, 0.3) is 0 Å². The normalized spacial score (nSPS) is 24.6. The topological polar surface area (TPSA) is 49.3 Å². The van der Waals surface area contributed by atoms with E-state index >= 15 is 0 Å². The number of aliphatic hydroxyl groups is 1. The van der Waals surface area contributed by atoms with E-state index in [4.69, 9.17) is 0 Å². The molecule has 2 N–H and O–H groups in total. The SMILES string of the molecule is CCCCCCC(=O)NCC1CCCC(O)C1. The third-order valence-corrected chi connectivity index (χ3v) is 3.60. The van der Waals surface area contributed by atoms with Crippen LogP contribution in [0.2, 0.25) is 0 Å². The van der Waals surface area contributed by atoms with Gasteiger partial charge >= 0.3 is 0 Å². The molecule has 1 aliphatic carbocycles. The molecule has 0 aliphatic heterocycles. The van der Waals surface area contributed by atoms with Crippen molar-refractivity contribution in [3.63, 3.8) is 0 Å². The highest BCUT2D eigenvalue weighted by Gasteiger charge is 2.20. The predicted octanol–water partition coefficient (Wildman–Crippen LogP) is 2.62. The van der Waals surface area contributed by atoms with Crippen LogP contribution in [0.25, 0.3) is 0 Å². The molecule has 1 aliphatic rings. The van der Waals surface area contributed by atoms with Gasteiger partial charge in [-0.2, -0.15) is 0 Å². The lowest BCUT2D eigenvalue weighted by Gasteiger charge is -2.25. The van der Waals surface area contributed by atoms with Crippen molar-refractivity contribution in [3.8, 4) is 0 Å². The van der Waals surface area contributed by atoms with Crippen LogP contribution in [0.4, 0.5) is 0 Å².